The number of aliphatic imine (C=N–C) groups is 1. The molecule has 0 saturated heterocycles. The topological polar surface area (TPSA) is 17.3 Å². The van der Waals surface area contributed by atoms with Crippen LogP contribution in [0, 0.1) is 0 Å². The Morgan fingerprint density at radius 2 is 1.30 bits per heavy atom. The maximum Gasteiger partial charge on any atom is 0.0696 e. The second-order valence-electron chi connectivity index (χ2n) is 12.0. The summed E-state index contributed by atoms with van der Waals surface area (Å²) in [5.41, 5.74) is 10.6. The lowest BCUT2D eigenvalue weighted by Crippen LogP contribution is -2.27. The average Bonchev–Trinajstić information content (AvgIpc) is 3.68. The van der Waals surface area contributed by atoms with Crippen LogP contribution in [0.5, 0.6) is 0 Å². The molecule has 0 bridgehead atoms. The third kappa shape index (κ3) is 3.49. The van der Waals surface area contributed by atoms with Gasteiger partial charge >= 0.3 is 0 Å². The monoisotopic (exact) mass is 568 g/mol. The van der Waals surface area contributed by atoms with E-state index < -0.39 is 0 Å². The number of hydrogen-bond donors (Lipinski definition) is 0. The highest BCUT2D eigenvalue weighted by molar-refractivity contribution is 7.26. The number of fused-ring (bicyclic) bond motifs is 8. The van der Waals surface area contributed by atoms with E-state index in [1.165, 1.54) is 64.2 Å². The highest BCUT2D eigenvalue weighted by Crippen LogP contribution is 2.49. The van der Waals surface area contributed by atoms with Crippen LogP contribution in [0.4, 0.5) is 5.69 Å². The minimum absolute atomic E-state index is 0.251. The van der Waals surface area contributed by atoms with Gasteiger partial charge in [-0.2, -0.15) is 0 Å². The Bertz CT molecular complexity index is 2400. The van der Waals surface area contributed by atoms with Gasteiger partial charge in [0.2, 0.25) is 0 Å². The van der Waals surface area contributed by atoms with Gasteiger partial charge in [-0.1, -0.05) is 103 Å². The number of benzene rings is 6. The standard InChI is InChI=1S/C40H28N2S/c1-40(2)36-33(41-39(40)26-11-4-3-5-12-26)24-23-31-29-13-6-8-17-34(29)42(37(31)36)27-21-19-25(20-22-27)28-15-10-16-32-30-14-7-9-18-35(30)43-38(28)32/h3-24H,1-2H3. The highest BCUT2D eigenvalue weighted by atomic mass is 32.1. The minimum atomic E-state index is -0.251. The van der Waals surface area contributed by atoms with Gasteiger partial charge in [-0.15, -0.1) is 11.3 Å². The average molecular weight is 569 g/mol. The Balaban J connectivity index is 1.25. The van der Waals surface area contributed by atoms with Gasteiger partial charge in [-0.25, -0.2) is 0 Å². The first kappa shape index (κ1) is 24.6. The highest BCUT2D eigenvalue weighted by Gasteiger charge is 2.38. The molecule has 3 heteroatoms. The number of thiophene rings is 1. The number of para-hydroxylation sites is 1. The molecule has 1 aliphatic rings. The third-order valence-electron chi connectivity index (χ3n) is 9.15. The fraction of sp³-hybridized carbons (Fsp3) is 0.0750. The zero-order valence-corrected chi connectivity index (χ0v) is 24.8. The molecule has 2 aromatic heterocycles. The molecule has 0 aliphatic carbocycles. The van der Waals surface area contributed by atoms with Gasteiger partial charge in [0.05, 0.1) is 22.4 Å². The number of rotatable bonds is 3. The van der Waals surface area contributed by atoms with Crippen LogP contribution in [0.1, 0.15) is 25.0 Å². The molecule has 0 unspecified atom stereocenters. The molecular formula is C40H28N2S. The fourth-order valence-corrected chi connectivity index (χ4v) is 8.43. The summed E-state index contributed by atoms with van der Waals surface area (Å²) in [6, 6.07) is 48.4. The van der Waals surface area contributed by atoms with E-state index in [2.05, 4.69) is 152 Å². The zero-order valence-electron chi connectivity index (χ0n) is 24.0. The SMILES string of the molecule is CC1(C)C(c2ccccc2)=Nc2ccc3c4ccccc4n(-c4ccc(-c5cccc6c5sc5ccccc56)cc4)c3c21. The van der Waals surface area contributed by atoms with Crippen LogP contribution in [0.3, 0.4) is 0 Å². The molecule has 43 heavy (non-hydrogen) atoms. The van der Waals surface area contributed by atoms with Gasteiger partial charge in [0.1, 0.15) is 0 Å². The second kappa shape index (κ2) is 9.00. The molecule has 1 aliphatic heterocycles. The lowest BCUT2D eigenvalue weighted by atomic mass is 9.78. The van der Waals surface area contributed by atoms with Crippen LogP contribution in [0.25, 0.3) is 58.8 Å². The van der Waals surface area contributed by atoms with Crippen LogP contribution in [0.15, 0.2) is 138 Å². The molecule has 0 N–H and O–H groups in total. The third-order valence-corrected chi connectivity index (χ3v) is 10.4. The summed E-state index contributed by atoms with van der Waals surface area (Å²) in [7, 11) is 0. The van der Waals surface area contributed by atoms with Crippen molar-refractivity contribution in [3.8, 4) is 16.8 Å². The zero-order chi connectivity index (χ0) is 28.7. The Labute approximate surface area is 254 Å². The van der Waals surface area contributed by atoms with Crippen molar-refractivity contribution in [3.05, 3.63) is 145 Å². The molecule has 0 radical (unpaired) electrons. The van der Waals surface area contributed by atoms with Crippen molar-refractivity contribution >= 4 is 64.7 Å². The predicted molar refractivity (Wildman–Crippen MR) is 185 cm³/mol. The largest absolute Gasteiger partial charge is 0.309 e. The summed E-state index contributed by atoms with van der Waals surface area (Å²) in [6.07, 6.45) is 0. The number of hydrogen-bond acceptors (Lipinski definition) is 2. The van der Waals surface area contributed by atoms with Crippen LogP contribution in [0.2, 0.25) is 0 Å². The fourth-order valence-electron chi connectivity index (χ4n) is 7.19. The molecule has 8 aromatic rings. The Morgan fingerprint density at radius 3 is 2.14 bits per heavy atom. The van der Waals surface area contributed by atoms with Crippen molar-refractivity contribution in [1.29, 1.82) is 0 Å². The van der Waals surface area contributed by atoms with Gasteiger partial charge < -0.3 is 4.57 Å². The normalized spacial score (nSPS) is 14.1. The first-order chi connectivity index (χ1) is 21.1. The van der Waals surface area contributed by atoms with E-state index >= 15 is 0 Å². The van der Waals surface area contributed by atoms with Gasteiger partial charge in [-0.05, 0) is 60.9 Å². The van der Waals surface area contributed by atoms with E-state index in [0.717, 1.165) is 17.1 Å². The van der Waals surface area contributed by atoms with Crippen molar-refractivity contribution in [1.82, 2.24) is 4.57 Å². The summed E-state index contributed by atoms with van der Waals surface area (Å²) >= 11 is 1.88. The Morgan fingerprint density at radius 1 is 0.581 bits per heavy atom. The molecule has 0 atom stereocenters. The summed E-state index contributed by atoms with van der Waals surface area (Å²) in [4.78, 5) is 5.23. The van der Waals surface area contributed by atoms with Crippen molar-refractivity contribution < 1.29 is 0 Å². The van der Waals surface area contributed by atoms with E-state index in [9.17, 15) is 0 Å². The quantitative estimate of drug-likeness (QED) is 0.202. The summed E-state index contributed by atoms with van der Waals surface area (Å²) in [6.45, 7) is 4.64. The lowest BCUT2D eigenvalue weighted by Gasteiger charge is -2.24. The van der Waals surface area contributed by atoms with E-state index in [1.54, 1.807) is 0 Å². The Kier molecular flexibility index (Phi) is 5.15. The van der Waals surface area contributed by atoms with Crippen LogP contribution in [-0.2, 0) is 5.41 Å². The maximum absolute atomic E-state index is 5.23. The van der Waals surface area contributed by atoms with Crippen molar-refractivity contribution in [2.45, 2.75) is 19.3 Å². The first-order valence-electron chi connectivity index (χ1n) is 14.8. The summed E-state index contributed by atoms with van der Waals surface area (Å²) in [5, 5.41) is 5.20. The van der Waals surface area contributed by atoms with Gasteiger partial charge in [0.15, 0.2) is 0 Å². The number of aromatic nitrogens is 1. The molecule has 0 saturated carbocycles. The molecule has 9 rings (SSSR count). The van der Waals surface area contributed by atoms with Crippen LogP contribution in [-0.4, -0.2) is 10.3 Å². The molecule has 0 spiro atoms. The van der Waals surface area contributed by atoms with Crippen LogP contribution >= 0.6 is 11.3 Å². The van der Waals surface area contributed by atoms with E-state index in [4.69, 9.17) is 4.99 Å². The van der Waals surface area contributed by atoms with E-state index in [0.29, 0.717) is 0 Å². The smallest absolute Gasteiger partial charge is 0.0696 e. The molecule has 0 amide bonds. The number of nitrogens with zero attached hydrogens (tertiary/aromatic N) is 2. The van der Waals surface area contributed by atoms with E-state index in [1.807, 2.05) is 11.3 Å². The predicted octanol–water partition coefficient (Wildman–Crippen LogP) is 11.2. The van der Waals surface area contributed by atoms with E-state index in [-0.39, 0.29) is 5.41 Å². The molecule has 3 heterocycles. The van der Waals surface area contributed by atoms with Crippen molar-refractivity contribution in [2.24, 2.45) is 4.99 Å². The molecular weight excluding hydrogens is 541 g/mol. The van der Waals surface area contributed by atoms with Crippen molar-refractivity contribution in [3.63, 3.8) is 0 Å². The first-order valence-corrected chi connectivity index (χ1v) is 15.6. The lowest BCUT2D eigenvalue weighted by molar-refractivity contribution is 0.741. The molecule has 2 nitrogen and oxygen atoms in total. The van der Waals surface area contributed by atoms with Gasteiger partial charge in [0.25, 0.3) is 0 Å². The summed E-state index contributed by atoms with van der Waals surface area (Å²) in [5.74, 6) is 0. The van der Waals surface area contributed by atoms with Crippen LogP contribution < -0.4 is 0 Å². The molecule has 0 fully saturated rings. The minimum Gasteiger partial charge on any atom is -0.309 e. The van der Waals surface area contributed by atoms with Gasteiger partial charge in [0, 0.05) is 47.6 Å². The second-order valence-corrected chi connectivity index (χ2v) is 13.0. The summed E-state index contributed by atoms with van der Waals surface area (Å²) < 4.78 is 5.14. The molecule has 6 aromatic carbocycles. The Hall–Kier alpha value is -4.99. The van der Waals surface area contributed by atoms with Crippen molar-refractivity contribution in [2.75, 3.05) is 0 Å². The maximum atomic E-state index is 5.23. The van der Waals surface area contributed by atoms with Gasteiger partial charge in [-0.3, -0.25) is 4.99 Å². The molecule has 204 valence electrons.